The maximum atomic E-state index is 13.8. The van der Waals surface area contributed by atoms with Crippen molar-refractivity contribution in [3.8, 4) is 0 Å². The van der Waals surface area contributed by atoms with E-state index in [4.69, 9.17) is 4.74 Å². The summed E-state index contributed by atoms with van der Waals surface area (Å²) >= 11 is 0. The highest BCUT2D eigenvalue weighted by molar-refractivity contribution is 7.90. The molecule has 2 rings (SSSR count). The second-order valence-electron chi connectivity index (χ2n) is 3.99. The molecular formula is C11H14FNO3S. The predicted octanol–water partition coefficient (Wildman–Crippen LogP) is 0.890. The molecule has 1 N–H and O–H groups in total. The third-order valence-electron chi connectivity index (χ3n) is 2.66. The minimum Gasteiger partial charge on any atom is -0.371 e. The van der Waals surface area contributed by atoms with Crippen LogP contribution >= 0.6 is 0 Å². The zero-order valence-electron chi connectivity index (χ0n) is 9.44. The van der Waals surface area contributed by atoms with Gasteiger partial charge >= 0.3 is 0 Å². The van der Waals surface area contributed by atoms with Crippen molar-refractivity contribution in [2.24, 2.45) is 0 Å². The van der Waals surface area contributed by atoms with Crippen LogP contribution in [0.25, 0.3) is 0 Å². The molecule has 1 unspecified atom stereocenters. The molecule has 1 aromatic carbocycles. The van der Waals surface area contributed by atoms with Gasteiger partial charge in [0.1, 0.15) is 5.82 Å². The maximum absolute atomic E-state index is 13.8. The van der Waals surface area contributed by atoms with Crippen LogP contribution in [0, 0.1) is 5.82 Å². The van der Waals surface area contributed by atoms with Crippen molar-refractivity contribution in [1.82, 2.24) is 5.32 Å². The van der Waals surface area contributed by atoms with E-state index in [9.17, 15) is 12.8 Å². The van der Waals surface area contributed by atoms with Crippen LogP contribution in [0.2, 0.25) is 0 Å². The summed E-state index contributed by atoms with van der Waals surface area (Å²) in [5, 5.41) is 3.05. The van der Waals surface area contributed by atoms with E-state index in [1.807, 2.05) is 0 Å². The first-order valence-electron chi connectivity index (χ1n) is 5.31. The number of halogens is 1. The Kier molecular flexibility index (Phi) is 3.46. The van der Waals surface area contributed by atoms with Gasteiger partial charge in [-0.2, -0.15) is 0 Å². The molecule has 0 aliphatic carbocycles. The molecule has 1 atom stereocenters. The Labute approximate surface area is 99.7 Å². The van der Waals surface area contributed by atoms with Gasteiger partial charge in [0, 0.05) is 24.9 Å². The Bertz CT molecular complexity index is 509. The zero-order chi connectivity index (χ0) is 12.5. The monoisotopic (exact) mass is 259 g/mol. The first kappa shape index (κ1) is 12.5. The molecule has 0 saturated carbocycles. The Hall–Kier alpha value is -0.980. The molecule has 0 radical (unpaired) electrons. The molecule has 94 valence electrons. The zero-order valence-corrected chi connectivity index (χ0v) is 10.3. The lowest BCUT2D eigenvalue weighted by atomic mass is 10.1. The summed E-state index contributed by atoms with van der Waals surface area (Å²) in [4.78, 5) is 0.00574. The Morgan fingerprint density at radius 2 is 2.24 bits per heavy atom. The van der Waals surface area contributed by atoms with Gasteiger partial charge in [-0.15, -0.1) is 0 Å². The van der Waals surface area contributed by atoms with Crippen LogP contribution in [0.1, 0.15) is 11.7 Å². The van der Waals surface area contributed by atoms with Gasteiger partial charge in [-0.1, -0.05) is 6.07 Å². The van der Waals surface area contributed by atoms with Crippen molar-refractivity contribution >= 4 is 9.84 Å². The summed E-state index contributed by atoms with van der Waals surface area (Å²) in [6.07, 6.45) is 0.524. The molecule has 0 bridgehead atoms. The molecule has 6 heteroatoms. The first-order valence-corrected chi connectivity index (χ1v) is 7.20. The van der Waals surface area contributed by atoms with Gasteiger partial charge in [0.05, 0.1) is 17.6 Å². The molecule has 17 heavy (non-hydrogen) atoms. The quantitative estimate of drug-likeness (QED) is 0.857. The van der Waals surface area contributed by atoms with Crippen molar-refractivity contribution in [2.45, 2.75) is 11.0 Å². The molecule has 1 fully saturated rings. The molecule has 1 aromatic rings. The molecule has 4 nitrogen and oxygen atoms in total. The highest BCUT2D eigenvalue weighted by atomic mass is 32.2. The lowest BCUT2D eigenvalue weighted by molar-refractivity contribution is 0.0237. The lowest BCUT2D eigenvalue weighted by Gasteiger charge is -2.25. The van der Waals surface area contributed by atoms with Crippen molar-refractivity contribution in [3.05, 3.63) is 29.6 Å². The Morgan fingerprint density at radius 3 is 2.82 bits per heavy atom. The summed E-state index contributed by atoms with van der Waals surface area (Å²) < 4.78 is 42.4. The van der Waals surface area contributed by atoms with E-state index >= 15 is 0 Å². The van der Waals surface area contributed by atoms with Crippen LogP contribution in [0.3, 0.4) is 0 Å². The topological polar surface area (TPSA) is 55.4 Å². The van der Waals surface area contributed by atoms with Gasteiger partial charge in [0.15, 0.2) is 9.84 Å². The number of hydrogen-bond acceptors (Lipinski definition) is 4. The van der Waals surface area contributed by atoms with E-state index in [2.05, 4.69) is 5.32 Å². The third-order valence-corrected chi connectivity index (χ3v) is 3.82. The molecule has 1 heterocycles. The van der Waals surface area contributed by atoms with Crippen LogP contribution in [0.4, 0.5) is 4.39 Å². The van der Waals surface area contributed by atoms with Crippen LogP contribution < -0.4 is 5.32 Å². The summed E-state index contributed by atoms with van der Waals surface area (Å²) in [6, 6.07) is 4.05. The summed E-state index contributed by atoms with van der Waals surface area (Å²) in [5.41, 5.74) is 0.127. The van der Waals surface area contributed by atoms with Crippen LogP contribution in [0.5, 0.6) is 0 Å². The van der Waals surface area contributed by atoms with E-state index in [1.54, 1.807) is 0 Å². The number of sulfone groups is 1. The molecule has 0 aromatic heterocycles. The van der Waals surface area contributed by atoms with Crippen LogP contribution in [-0.4, -0.2) is 34.4 Å². The summed E-state index contributed by atoms with van der Waals surface area (Å²) in [6.45, 7) is 1.56. The maximum Gasteiger partial charge on any atom is 0.175 e. The fourth-order valence-corrected chi connectivity index (χ4v) is 2.86. The standard InChI is InChI=1S/C11H14FNO3S/c1-17(14,15)10-4-2-3-8(12)11(10)9-7-13-5-6-16-9/h2-4,9,13H,5-7H2,1H3. The third kappa shape index (κ3) is 2.65. The molecule has 1 aliphatic heterocycles. The van der Waals surface area contributed by atoms with Gasteiger partial charge in [0.25, 0.3) is 0 Å². The van der Waals surface area contributed by atoms with E-state index in [-0.39, 0.29) is 10.5 Å². The molecule has 1 saturated heterocycles. The van der Waals surface area contributed by atoms with Gasteiger partial charge < -0.3 is 10.1 Å². The van der Waals surface area contributed by atoms with Gasteiger partial charge in [-0.05, 0) is 12.1 Å². The van der Waals surface area contributed by atoms with Crippen LogP contribution in [0.15, 0.2) is 23.1 Å². The van der Waals surface area contributed by atoms with E-state index in [0.717, 1.165) is 6.26 Å². The number of rotatable bonds is 2. The van der Waals surface area contributed by atoms with Crippen molar-refractivity contribution in [2.75, 3.05) is 26.0 Å². The number of morpholine rings is 1. The molecule has 0 amide bonds. The summed E-state index contributed by atoms with van der Waals surface area (Å²) in [5.74, 6) is -0.540. The fourth-order valence-electron chi connectivity index (χ4n) is 1.90. The van der Waals surface area contributed by atoms with Crippen molar-refractivity contribution in [3.63, 3.8) is 0 Å². The van der Waals surface area contributed by atoms with Gasteiger partial charge in [-0.3, -0.25) is 0 Å². The molecular weight excluding hydrogens is 245 g/mol. The van der Waals surface area contributed by atoms with Gasteiger partial charge in [-0.25, -0.2) is 12.8 Å². The van der Waals surface area contributed by atoms with E-state index < -0.39 is 21.8 Å². The molecule has 1 aliphatic rings. The smallest absolute Gasteiger partial charge is 0.175 e. The van der Waals surface area contributed by atoms with E-state index in [1.165, 1.54) is 18.2 Å². The molecule has 0 spiro atoms. The number of benzene rings is 1. The first-order chi connectivity index (χ1) is 8.00. The average Bonchev–Trinajstić information content (AvgIpc) is 2.28. The van der Waals surface area contributed by atoms with Crippen molar-refractivity contribution in [1.29, 1.82) is 0 Å². The van der Waals surface area contributed by atoms with Gasteiger partial charge in [0.2, 0.25) is 0 Å². The number of hydrogen-bond donors (Lipinski definition) is 1. The second-order valence-corrected chi connectivity index (χ2v) is 5.97. The number of nitrogens with one attached hydrogen (secondary N) is 1. The predicted molar refractivity (Wildman–Crippen MR) is 61.1 cm³/mol. The second kappa shape index (κ2) is 4.72. The fraction of sp³-hybridized carbons (Fsp3) is 0.455. The Balaban J connectivity index is 2.50. The van der Waals surface area contributed by atoms with Crippen molar-refractivity contribution < 1.29 is 17.5 Å². The minimum absolute atomic E-state index is 0.00574. The lowest BCUT2D eigenvalue weighted by Crippen LogP contribution is -2.34. The highest BCUT2D eigenvalue weighted by Crippen LogP contribution is 2.28. The highest BCUT2D eigenvalue weighted by Gasteiger charge is 2.26. The Morgan fingerprint density at radius 1 is 1.47 bits per heavy atom. The minimum atomic E-state index is -3.45. The average molecular weight is 259 g/mol. The largest absolute Gasteiger partial charge is 0.371 e. The normalized spacial score (nSPS) is 21.4. The summed E-state index contributed by atoms with van der Waals surface area (Å²) in [7, 11) is -3.45. The number of ether oxygens (including phenoxy) is 1. The SMILES string of the molecule is CS(=O)(=O)c1cccc(F)c1C1CNCCO1. The van der Waals surface area contributed by atoms with E-state index in [0.29, 0.717) is 19.7 Å². The van der Waals surface area contributed by atoms with Crippen LogP contribution in [-0.2, 0) is 14.6 Å².